The molecule has 2 amide bonds. The number of likely N-dealkylation sites (tertiary alicyclic amines) is 1. The fourth-order valence-electron chi connectivity index (χ4n) is 6.97. The molecule has 0 bridgehead atoms. The quantitative estimate of drug-likeness (QED) is 0.244. The molecule has 5 nitrogen and oxygen atoms in total. The van der Waals surface area contributed by atoms with Crippen LogP contribution in [0, 0.1) is 17.8 Å². The summed E-state index contributed by atoms with van der Waals surface area (Å²) in [7, 11) is 0. The molecule has 0 saturated carbocycles. The van der Waals surface area contributed by atoms with E-state index in [1.165, 1.54) is 21.6 Å². The van der Waals surface area contributed by atoms with Gasteiger partial charge in [-0.3, -0.25) is 14.5 Å². The van der Waals surface area contributed by atoms with Crippen molar-refractivity contribution in [2.75, 3.05) is 6.61 Å². The molecular formula is C33H35NO4S. The molecule has 202 valence electrons. The lowest BCUT2D eigenvalue weighted by Gasteiger charge is -2.30. The number of carbonyl (C=O) groups is 2. The number of carbonyl (C=O) groups excluding carboxylic acids is 2. The molecule has 2 aliphatic heterocycles. The fourth-order valence-corrected chi connectivity index (χ4v) is 7.66. The standard InChI is InChI=1S/C33H35NO4S/c1-3-7-21(17-22-12-13-28(35)25-10-5-4-9-24(22)25)11-14-29-30-20(2)16-26-31(27(30)19-38-29)33(37)34(32(26)36)18-23-8-6-15-39-23/h4-6,8-10,12-13,15,17,26-27,29,31,35H,3,7,11,14,16,18-19H2,1-2H3/b21-17+/t26-,27+,29-,31-/m1/s1. The second-order valence-corrected chi connectivity index (χ2v) is 12.2. The van der Waals surface area contributed by atoms with E-state index in [0.29, 0.717) is 25.3 Å². The van der Waals surface area contributed by atoms with Gasteiger partial charge in [0.15, 0.2) is 0 Å². The summed E-state index contributed by atoms with van der Waals surface area (Å²) in [5.41, 5.74) is 4.98. The highest BCUT2D eigenvalue weighted by molar-refractivity contribution is 7.09. The second-order valence-electron chi connectivity index (χ2n) is 11.2. The van der Waals surface area contributed by atoms with Crippen LogP contribution in [0.1, 0.15) is 56.4 Å². The van der Waals surface area contributed by atoms with Crippen LogP contribution >= 0.6 is 11.3 Å². The molecule has 1 N–H and O–H groups in total. The number of hydrogen-bond donors (Lipinski definition) is 1. The predicted molar refractivity (Wildman–Crippen MR) is 155 cm³/mol. The Kier molecular flexibility index (Phi) is 7.17. The number of nitrogens with zero attached hydrogens (tertiary/aromatic N) is 1. The summed E-state index contributed by atoms with van der Waals surface area (Å²) >= 11 is 1.58. The molecule has 4 atom stereocenters. The van der Waals surface area contributed by atoms with Gasteiger partial charge in [-0.2, -0.15) is 0 Å². The van der Waals surface area contributed by atoms with Crippen LogP contribution in [-0.2, 0) is 20.9 Å². The van der Waals surface area contributed by atoms with Crippen molar-refractivity contribution < 1.29 is 19.4 Å². The average Bonchev–Trinajstić information content (AvgIpc) is 3.66. The third-order valence-electron chi connectivity index (χ3n) is 8.73. The molecule has 6 rings (SSSR count). The number of fused-ring (bicyclic) bond motifs is 4. The highest BCUT2D eigenvalue weighted by Gasteiger charge is 2.56. The molecule has 3 aliphatic rings. The van der Waals surface area contributed by atoms with Crippen molar-refractivity contribution in [3.63, 3.8) is 0 Å². The summed E-state index contributed by atoms with van der Waals surface area (Å²) in [6, 6.07) is 15.7. The number of rotatable bonds is 8. The highest BCUT2D eigenvalue weighted by atomic mass is 32.1. The molecule has 3 heterocycles. The molecule has 1 aliphatic carbocycles. The van der Waals surface area contributed by atoms with E-state index in [1.54, 1.807) is 17.4 Å². The van der Waals surface area contributed by atoms with E-state index in [0.717, 1.165) is 46.9 Å². The first-order valence-corrected chi connectivity index (χ1v) is 14.9. The van der Waals surface area contributed by atoms with Gasteiger partial charge in [0.25, 0.3) is 0 Å². The monoisotopic (exact) mass is 541 g/mol. The molecule has 39 heavy (non-hydrogen) atoms. The maximum absolute atomic E-state index is 13.5. The van der Waals surface area contributed by atoms with Gasteiger partial charge in [-0.25, -0.2) is 0 Å². The first-order valence-electron chi connectivity index (χ1n) is 14.0. The maximum Gasteiger partial charge on any atom is 0.234 e. The summed E-state index contributed by atoms with van der Waals surface area (Å²) in [5, 5.41) is 14.2. The van der Waals surface area contributed by atoms with Crippen molar-refractivity contribution in [2.45, 2.75) is 58.6 Å². The number of phenols is 1. The van der Waals surface area contributed by atoms with E-state index in [9.17, 15) is 14.7 Å². The molecule has 0 unspecified atom stereocenters. The van der Waals surface area contributed by atoms with E-state index in [1.807, 2.05) is 41.8 Å². The summed E-state index contributed by atoms with van der Waals surface area (Å²) in [4.78, 5) is 29.3. The van der Waals surface area contributed by atoms with Crippen LogP contribution in [0.15, 0.2) is 70.6 Å². The highest BCUT2D eigenvalue weighted by Crippen LogP contribution is 2.50. The molecule has 2 fully saturated rings. The minimum absolute atomic E-state index is 0.00168. The largest absolute Gasteiger partial charge is 0.507 e. The Labute approximate surface area is 233 Å². The van der Waals surface area contributed by atoms with Gasteiger partial charge in [-0.15, -0.1) is 11.3 Å². The topological polar surface area (TPSA) is 66.8 Å². The van der Waals surface area contributed by atoms with Crippen molar-refractivity contribution in [3.05, 3.63) is 81.1 Å². The Hall–Kier alpha value is -3.22. The van der Waals surface area contributed by atoms with Crippen molar-refractivity contribution in [1.29, 1.82) is 0 Å². The molecule has 1 aromatic heterocycles. The molecule has 0 radical (unpaired) electrons. The van der Waals surface area contributed by atoms with Crippen LogP contribution in [0.4, 0.5) is 0 Å². The van der Waals surface area contributed by atoms with Crippen molar-refractivity contribution in [1.82, 2.24) is 4.90 Å². The average molecular weight is 542 g/mol. The predicted octanol–water partition coefficient (Wildman–Crippen LogP) is 7.11. The SMILES string of the molecule is CCC/C(=C\c1ccc(O)c2ccccc12)CC[C@H]1OC[C@H]2C1=C(C)C[C@H]1C(=O)N(Cc3cccs3)C(=O)[C@H]12. The molecule has 0 spiro atoms. The number of imide groups is 1. The van der Waals surface area contributed by atoms with Crippen molar-refractivity contribution >= 4 is 40.0 Å². The van der Waals surface area contributed by atoms with Gasteiger partial charge in [0.1, 0.15) is 5.75 Å². The Morgan fingerprint density at radius 3 is 2.64 bits per heavy atom. The Morgan fingerprint density at radius 1 is 1.05 bits per heavy atom. The Balaban J connectivity index is 1.20. The van der Waals surface area contributed by atoms with Crippen molar-refractivity contribution in [3.8, 4) is 5.75 Å². The smallest absolute Gasteiger partial charge is 0.234 e. The van der Waals surface area contributed by atoms with E-state index in [4.69, 9.17) is 4.74 Å². The number of hydrogen-bond acceptors (Lipinski definition) is 5. The molecule has 2 aromatic carbocycles. The van der Waals surface area contributed by atoms with Crippen LogP contribution in [-0.4, -0.2) is 34.5 Å². The number of amides is 2. The Morgan fingerprint density at radius 2 is 1.87 bits per heavy atom. The normalized spacial score (nSPS) is 25.1. The Bertz CT molecular complexity index is 1470. The van der Waals surface area contributed by atoms with Crippen molar-refractivity contribution in [2.24, 2.45) is 17.8 Å². The van der Waals surface area contributed by atoms with E-state index in [-0.39, 0.29) is 35.7 Å². The van der Waals surface area contributed by atoms with Crippen LogP contribution in [0.5, 0.6) is 5.75 Å². The van der Waals surface area contributed by atoms with Gasteiger partial charge in [0.05, 0.1) is 31.1 Å². The van der Waals surface area contributed by atoms with Gasteiger partial charge < -0.3 is 9.84 Å². The van der Waals surface area contributed by atoms with E-state index in [2.05, 4.69) is 26.0 Å². The minimum atomic E-state index is -0.296. The minimum Gasteiger partial charge on any atom is -0.507 e. The number of ether oxygens (including phenoxy) is 1. The lowest BCUT2D eigenvalue weighted by atomic mass is 9.70. The zero-order valence-corrected chi connectivity index (χ0v) is 23.4. The summed E-state index contributed by atoms with van der Waals surface area (Å²) in [5.74, 6) is -0.296. The lowest BCUT2D eigenvalue weighted by molar-refractivity contribution is -0.140. The number of phenolic OH excluding ortho intramolecular Hbond substituents is 1. The second kappa shape index (κ2) is 10.7. The summed E-state index contributed by atoms with van der Waals surface area (Å²) in [6.45, 7) is 5.22. The van der Waals surface area contributed by atoms with E-state index >= 15 is 0 Å². The van der Waals surface area contributed by atoms with Crippen LogP contribution in [0.3, 0.4) is 0 Å². The number of allylic oxidation sites excluding steroid dienone is 2. The summed E-state index contributed by atoms with van der Waals surface area (Å²) < 4.78 is 6.37. The maximum atomic E-state index is 13.5. The third kappa shape index (κ3) is 4.74. The fraction of sp³-hybridized carbons (Fsp3) is 0.394. The first-order chi connectivity index (χ1) is 19.0. The van der Waals surface area contributed by atoms with Gasteiger partial charge in [0, 0.05) is 16.2 Å². The van der Waals surface area contributed by atoms with Crippen LogP contribution in [0.25, 0.3) is 16.8 Å². The van der Waals surface area contributed by atoms with Gasteiger partial charge in [-0.1, -0.05) is 67.0 Å². The molecule has 6 heteroatoms. The lowest BCUT2D eigenvalue weighted by Crippen LogP contribution is -2.34. The van der Waals surface area contributed by atoms with Crippen LogP contribution in [0.2, 0.25) is 0 Å². The van der Waals surface area contributed by atoms with Gasteiger partial charge in [-0.05, 0) is 66.6 Å². The summed E-state index contributed by atoms with van der Waals surface area (Å²) in [6.07, 6.45) is 6.74. The van der Waals surface area contributed by atoms with Gasteiger partial charge in [0.2, 0.25) is 11.8 Å². The molecular weight excluding hydrogens is 506 g/mol. The number of aromatic hydroxyl groups is 1. The zero-order valence-electron chi connectivity index (χ0n) is 22.6. The molecule has 3 aromatic rings. The van der Waals surface area contributed by atoms with Crippen LogP contribution < -0.4 is 0 Å². The van der Waals surface area contributed by atoms with Gasteiger partial charge >= 0.3 is 0 Å². The molecule has 2 saturated heterocycles. The number of benzene rings is 2. The number of thiophene rings is 1. The third-order valence-corrected chi connectivity index (χ3v) is 9.59. The zero-order chi connectivity index (χ0) is 27.1. The first kappa shape index (κ1) is 26.0. The van der Waals surface area contributed by atoms with E-state index < -0.39 is 0 Å².